The second-order valence-corrected chi connectivity index (χ2v) is 6.64. The molecule has 2 aromatic rings. The minimum Gasteiger partial charge on any atom is -0.356 e. The van der Waals surface area contributed by atoms with Crippen molar-refractivity contribution in [1.82, 2.24) is 10.3 Å². The van der Waals surface area contributed by atoms with Crippen molar-refractivity contribution in [3.05, 3.63) is 24.0 Å². The average Bonchev–Trinajstić information content (AvgIpc) is 2.98. The molecule has 1 saturated heterocycles. The topological polar surface area (TPSA) is 45.2 Å². The Morgan fingerprint density at radius 2 is 2.23 bits per heavy atom. The molecule has 1 aliphatic heterocycles. The number of carbonyl (C=O) groups is 1. The molecule has 4 nitrogen and oxygen atoms in total. The van der Waals surface area contributed by atoms with Gasteiger partial charge in [0.1, 0.15) is 11.3 Å². The van der Waals surface area contributed by atoms with E-state index in [-0.39, 0.29) is 17.6 Å². The van der Waals surface area contributed by atoms with E-state index in [4.69, 9.17) is 0 Å². The maximum Gasteiger partial charge on any atom is 0.223 e. The monoisotopic (exact) mass is 321 g/mol. The van der Waals surface area contributed by atoms with Crippen molar-refractivity contribution in [2.75, 3.05) is 24.5 Å². The number of rotatable bonds is 4. The number of nitrogens with zero attached hydrogens (tertiary/aromatic N) is 2. The first-order valence-corrected chi connectivity index (χ1v) is 8.58. The molecule has 118 valence electrons. The number of amides is 1. The summed E-state index contributed by atoms with van der Waals surface area (Å²) in [4.78, 5) is 18.6. The number of aromatic nitrogens is 1. The third kappa shape index (κ3) is 3.06. The molecule has 0 aliphatic carbocycles. The third-order valence-corrected chi connectivity index (χ3v) is 5.13. The van der Waals surface area contributed by atoms with E-state index in [9.17, 15) is 9.18 Å². The van der Waals surface area contributed by atoms with Crippen LogP contribution >= 0.6 is 11.3 Å². The average molecular weight is 321 g/mol. The van der Waals surface area contributed by atoms with Gasteiger partial charge >= 0.3 is 0 Å². The molecule has 1 aliphatic rings. The Labute approximate surface area is 133 Å². The minimum absolute atomic E-state index is 0.0916. The summed E-state index contributed by atoms with van der Waals surface area (Å²) in [5, 5.41) is 3.82. The fourth-order valence-corrected chi connectivity index (χ4v) is 3.80. The van der Waals surface area contributed by atoms with E-state index >= 15 is 0 Å². The van der Waals surface area contributed by atoms with Crippen molar-refractivity contribution in [2.24, 2.45) is 5.92 Å². The summed E-state index contributed by atoms with van der Waals surface area (Å²) in [6.07, 6.45) is 2.61. The molecule has 0 radical (unpaired) electrons. The zero-order chi connectivity index (χ0) is 15.5. The van der Waals surface area contributed by atoms with E-state index in [0.29, 0.717) is 5.52 Å². The smallest absolute Gasteiger partial charge is 0.223 e. The van der Waals surface area contributed by atoms with Gasteiger partial charge in [0.15, 0.2) is 5.13 Å². The fourth-order valence-electron chi connectivity index (χ4n) is 2.76. The van der Waals surface area contributed by atoms with Crippen LogP contribution in [0.4, 0.5) is 9.52 Å². The second kappa shape index (κ2) is 6.60. The molecule has 22 heavy (non-hydrogen) atoms. The molecular formula is C16H20FN3OS. The standard InChI is InChI=1S/C16H20FN3OS/c1-2-8-18-15(21)11-6-9-20(10-7-11)16-19-14-12(17)4-3-5-13(14)22-16/h3-5,11H,2,6-10H2,1H3,(H,18,21). The van der Waals surface area contributed by atoms with Crippen LogP contribution in [0.5, 0.6) is 0 Å². The van der Waals surface area contributed by atoms with E-state index in [1.807, 2.05) is 6.07 Å². The molecule has 0 bridgehead atoms. The molecule has 1 aromatic carbocycles. The predicted octanol–water partition coefficient (Wildman–Crippen LogP) is 3.18. The number of piperidine rings is 1. The normalized spacial score (nSPS) is 16.2. The van der Waals surface area contributed by atoms with Gasteiger partial charge in [-0.2, -0.15) is 0 Å². The summed E-state index contributed by atoms with van der Waals surface area (Å²) in [7, 11) is 0. The van der Waals surface area contributed by atoms with Crippen LogP contribution in [0, 0.1) is 11.7 Å². The summed E-state index contributed by atoms with van der Waals surface area (Å²) in [5.41, 5.74) is 0.449. The predicted molar refractivity (Wildman–Crippen MR) is 87.8 cm³/mol. The lowest BCUT2D eigenvalue weighted by molar-refractivity contribution is -0.125. The number of fused-ring (bicyclic) bond motifs is 1. The van der Waals surface area contributed by atoms with Crippen molar-refractivity contribution < 1.29 is 9.18 Å². The maximum atomic E-state index is 13.7. The Bertz CT molecular complexity index is 664. The molecule has 1 amide bonds. The second-order valence-electron chi connectivity index (χ2n) is 5.64. The van der Waals surface area contributed by atoms with E-state index in [2.05, 4.69) is 22.1 Å². The number of nitrogens with one attached hydrogen (secondary N) is 1. The summed E-state index contributed by atoms with van der Waals surface area (Å²) in [6.45, 7) is 4.39. The number of hydrogen-bond acceptors (Lipinski definition) is 4. The highest BCUT2D eigenvalue weighted by Crippen LogP contribution is 2.32. The molecule has 2 heterocycles. The zero-order valence-electron chi connectivity index (χ0n) is 12.6. The van der Waals surface area contributed by atoms with Gasteiger partial charge in [0, 0.05) is 25.6 Å². The molecule has 1 aromatic heterocycles. The SMILES string of the molecule is CCCNC(=O)C1CCN(c2nc3c(F)cccc3s2)CC1. The summed E-state index contributed by atoms with van der Waals surface area (Å²) in [6, 6.07) is 5.05. The first-order chi connectivity index (χ1) is 10.7. The Hall–Kier alpha value is -1.69. The van der Waals surface area contributed by atoms with E-state index < -0.39 is 0 Å². The Morgan fingerprint density at radius 3 is 2.91 bits per heavy atom. The number of halogens is 1. The summed E-state index contributed by atoms with van der Waals surface area (Å²) >= 11 is 1.52. The van der Waals surface area contributed by atoms with Gasteiger partial charge in [-0.3, -0.25) is 4.79 Å². The fraction of sp³-hybridized carbons (Fsp3) is 0.500. The van der Waals surface area contributed by atoms with Gasteiger partial charge in [0.2, 0.25) is 5.91 Å². The Morgan fingerprint density at radius 1 is 1.45 bits per heavy atom. The lowest BCUT2D eigenvalue weighted by Crippen LogP contribution is -2.40. The van der Waals surface area contributed by atoms with Crippen LogP contribution in [0.15, 0.2) is 18.2 Å². The van der Waals surface area contributed by atoms with Gasteiger partial charge in [-0.05, 0) is 31.4 Å². The van der Waals surface area contributed by atoms with Crippen LogP contribution in [-0.4, -0.2) is 30.5 Å². The highest BCUT2D eigenvalue weighted by molar-refractivity contribution is 7.22. The van der Waals surface area contributed by atoms with E-state index in [0.717, 1.165) is 48.7 Å². The summed E-state index contributed by atoms with van der Waals surface area (Å²) < 4.78 is 14.6. The van der Waals surface area contributed by atoms with Crippen molar-refractivity contribution in [3.63, 3.8) is 0 Å². The Balaban J connectivity index is 1.65. The first-order valence-electron chi connectivity index (χ1n) is 7.76. The van der Waals surface area contributed by atoms with Gasteiger partial charge in [-0.25, -0.2) is 9.37 Å². The van der Waals surface area contributed by atoms with Gasteiger partial charge in [-0.1, -0.05) is 24.3 Å². The molecule has 0 saturated carbocycles. The molecule has 0 unspecified atom stereocenters. The lowest BCUT2D eigenvalue weighted by Gasteiger charge is -2.31. The molecule has 1 N–H and O–H groups in total. The number of anilines is 1. The van der Waals surface area contributed by atoms with Crippen LogP contribution in [0.25, 0.3) is 10.2 Å². The number of hydrogen-bond donors (Lipinski definition) is 1. The van der Waals surface area contributed by atoms with Gasteiger partial charge in [-0.15, -0.1) is 0 Å². The highest BCUT2D eigenvalue weighted by atomic mass is 32.1. The number of para-hydroxylation sites is 1. The molecule has 3 rings (SSSR count). The van der Waals surface area contributed by atoms with Crippen LogP contribution < -0.4 is 10.2 Å². The van der Waals surface area contributed by atoms with Crippen LogP contribution in [0.2, 0.25) is 0 Å². The number of carbonyl (C=O) groups excluding carboxylic acids is 1. The molecular weight excluding hydrogens is 301 g/mol. The van der Waals surface area contributed by atoms with Gasteiger partial charge in [0.05, 0.1) is 4.70 Å². The van der Waals surface area contributed by atoms with Crippen molar-refractivity contribution in [3.8, 4) is 0 Å². The number of thiazole rings is 1. The van der Waals surface area contributed by atoms with Gasteiger partial charge < -0.3 is 10.2 Å². The van der Waals surface area contributed by atoms with Crippen molar-refractivity contribution in [2.45, 2.75) is 26.2 Å². The first kappa shape index (κ1) is 15.2. The van der Waals surface area contributed by atoms with E-state index in [1.54, 1.807) is 6.07 Å². The van der Waals surface area contributed by atoms with Crippen LogP contribution in [0.1, 0.15) is 26.2 Å². The highest BCUT2D eigenvalue weighted by Gasteiger charge is 2.26. The van der Waals surface area contributed by atoms with Crippen LogP contribution in [0.3, 0.4) is 0 Å². The molecule has 0 spiro atoms. The zero-order valence-corrected chi connectivity index (χ0v) is 13.5. The Kier molecular flexibility index (Phi) is 4.57. The quantitative estimate of drug-likeness (QED) is 0.941. The third-order valence-electron chi connectivity index (χ3n) is 4.04. The maximum absolute atomic E-state index is 13.7. The number of benzene rings is 1. The van der Waals surface area contributed by atoms with Crippen molar-refractivity contribution in [1.29, 1.82) is 0 Å². The van der Waals surface area contributed by atoms with Gasteiger partial charge in [0.25, 0.3) is 0 Å². The van der Waals surface area contributed by atoms with Crippen LogP contribution in [-0.2, 0) is 4.79 Å². The van der Waals surface area contributed by atoms with E-state index in [1.165, 1.54) is 17.4 Å². The summed E-state index contributed by atoms with van der Waals surface area (Å²) in [5.74, 6) is -0.0143. The largest absolute Gasteiger partial charge is 0.356 e. The van der Waals surface area contributed by atoms with Crippen molar-refractivity contribution >= 4 is 32.6 Å². The molecule has 6 heteroatoms. The lowest BCUT2D eigenvalue weighted by atomic mass is 9.96. The molecule has 1 fully saturated rings. The minimum atomic E-state index is -0.270. The molecule has 0 atom stereocenters.